The molecule has 2 aliphatic rings. The maximum Gasteiger partial charge on any atom is 0.110 e. The van der Waals surface area contributed by atoms with Gasteiger partial charge in [0.25, 0.3) is 0 Å². The monoisotopic (exact) mass is 221 g/mol. The molecule has 1 aromatic heterocycles. The number of imidazole rings is 1. The van der Waals surface area contributed by atoms with Crippen LogP contribution < -0.4 is 5.73 Å². The van der Waals surface area contributed by atoms with Crippen LogP contribution in [-0.2, 0) is 17.6 Å². The van der Waals surface area contributed by atoms with Crippen LogP contribution >= 0.6 is 0 Å². The number of rotatable bonds is 2. The van der Waals surface area contributed by atoms with Gasteiger partial charge < -0.3 is 15.0 Å². The first-order chi connectivity index (χ1) is 7.83. The largest absolute Gasteiger partial charge is 0.381 e. The van der Waals surface area contributed by atoms with Crippen molar-refractivity contribution < 1.29 is 4.74 Å². The molecule has 88 valence electrons. The summed E-state index contributed by atoms with van der Waals surface area (Å²) in [5, 5.41) is 0. The highest BCUT2D eigenvalue weighted by Crippen LogP contribution is 2.23. The minimum absolute atomic E-state index is 0.143. The highest BCUT2D eigenvalue weighted by Gasteiger charge is 2.21. The van der Waals surface area contributed by atoms with Gasteiger partial charge in [0.05, 0.1) is 11.9 Å². The first kappa shape index (κ1) is 10.3. The van der Waals surface area contributed by atoms with E-state index in [-0.39, 0.29) is 6.17 Å². The van der Waals surface area contributed by atoms with Crippen LogP contribution in [0.25, 0.3) is 0 Å². The third-order valence-electron chi connectivity index (χ3n) is 3.64. The van der Waals surface area contributed by atoms with E-state index >= 15 is 0 Å². The van der Waals surface area contributed by atoms with Gasteiger partial charge in [0.2, 0.25) is 0 Å². The highest BCUT2D eigenvalue weighted by atomic mass is 16.5. The Labute approximate surface area is 95.8 Å². The summed E-state index contributed by atoms with van der Waals surface area (Å²) < 4.78 is 7.55. The Balaban J connectivity index is 1.75. The highest BCUT2D eigenvalue weighted by molar-refractivity contribution is 5.08. The molecule has 0 spiro atoms. The molecular weight excluding hydrogens is 202 g/mol. The number of fused-ring (bicyclic) bond motifs is 1. The van der Waals surface area contributed by atoms with E-state index in [2.05, 4.69) is 10.8 Å². The molecule has 2 N–H and O–H groups in total. The quantitative estimate of drug-likeness (QED) is 0.818. The van der Waals surface area contributed by atoms with Crippen LogP contribution in [0.2, 0.25) is 0 Å². The lowest BCUT2D eigenvalue weighted by atomic mass is 10.0. The fourth-order valence-corrected chi connectivity index (χ4v) is 2.71. The van der Waals surface area contributed by atoms with Gasteiger partial charge in [-0.3, -0.25) is 0 Å². The predicted octanol–water partition coefficient (Wildman–Crippen LogP) is 1.26. The van der Waals surface area contributed by atoms with Crippen molar-refractivity contribution in [2.75, 3.05) is 13.2 Å². The molecule has 1 fully saturated rings. The van der Waals surface area contributed by atoms with Gasteiger partial charge in [0.15, 0.2) is 0 Å². The zero-order valence-corrected chi connectivity index (χ0v) is 9.56. The molecule has 2 aliphatic heterocycles. The van der Waals surface area contributed by atoms with E-state index in [4.69, 9.17) is 15.5 Å². The van der Waals surface area contributed by atoms with Crippen molar-refractivity contribution in [1.82, 2.24) is 9.55 Å². The van der Waals surface area contributed by atoms with Crippen LogP contribution in [0.1, 0.15) is 36.9 Å². The smallest absolute Gasteiger partial charge is 0.110 e. The van der Waals surface area contributed by atoms with Crippen LogP contribution in [0, 0.1) is 5.92 Å². The van der Waals surface area contributed by atoms with Crippen molar-refractivity contribution in [3.8, 4) is 0 Å². The van der Waals surface area contributed by atoms with E-state index in [0.29, 0.717) is 5.92 Å². The van der Waals surface area contributed by atoms with Gasteiger partial charge in [0.1, 0.15) is 5.82 Å². The molecule has 2 atom stereocenters. The Bertz CT molecular complexity index is 368. The minimum atomic E-state index is 0.143. The molecule has 1 aromatic rings. The summed E-state index contributed by atoms with van der Waals surface area (Å²) in [7, 11) is 0. The average Bonchev–Trinajstić information content (AvgIpc) is 2.88. The van der Waals surface area contributed by atoms with Gasteiger partial charge in [-0.25, -0.2) is 4.98 Å². The molecule has 4 nitrogen and oxygen atoms in total. The second kappa shape index (κ2) is 4.18. The topological polar surface area (TPSA) is 53.1 Å². The van der Waals surface area contributed by atoms with Gasteiger partial charge in [-0.05, 0) is 31.6 Å². The van der Waals surface area contributed by atoms with E-state index in [9.17, 15) is 0 Å². The van der Waals surface area contributed by atoms with Crippen molar-refractivity contribution in [2.24, 2.45) is 11.7 Å². The zero-order chi connectivity index (χ0) is 11.0. The Kier molecular flexibility index (Phi) is 2.69. The Hall–Kier alpha value is -0.870. The molecule has 0 aliphatic carbocycles. The average molecular weight is 221 g/mol. The van der Waals surface area contributed by atoms with Gasteiger partial charge in [-0.15, -0.1) is 0 Å². The van der Waals surface area contributed by atoms with Crippen LogP contribution in [0.15, 0.2) is 6.20 Å². The van der Waals surface area contributed by atoms with Gasteiger partial charge in [-0.1, -0.05) is 0 Å². The maximum absolute atomic E-state index is 6.07. The van der Waals surface area contributed by atoms with E-state index in [1.807, 2.05) is 0 Å². The Morgan fingerprint density at radius 3 is 3.19 bits per heavy atom. The number of aryl methyl sites for hydroxylation is 1. The minimum Gasteiger partial charge on any atom is -0.381 e. The summed E-state index contributed by atoms with van der Waals surface area (Å²) in [6.45, 7) is 1.81. The second-order valence-corrected chi connectivity index (χ2v) is 4.95. The van der Waals surface area contributed by atoms with Gasteiger partial charge in [0, 0.05) is 25.8 Å². The molecule has 3 rings (SSSR count). The maximum atomic E-state index is 6.07. The molecule has 0 radical (unpaired) electrons. The number of nitrogens with zero attached hydrogens (tertiary/aromatic N) is 2. The molecule has 4 heteroatoms. The SMILES string of the molecule is NC1CCCc2nc(CC3CCOC3)cn21. The Morgan fingerprint density at radius 2 is 2.44 bits per heavy atom. The van der Waals surface area contributed by atoms with E-state index in [1.54, 1.807) is 0 Å². The standard InChI is InChI=1S/C12H19N3O/c13-11-2-1-3-12-14-10(7-15(11)12)6-9-4-5-16-8-9/h7,9,11H,1-6,8,13H2. The van der Waals surface area contributed by atoms with Crippen molar-refractivity contribution in [3.63, 3.8) is 0 Å². The molecule has 0 aromatic carbocycles. The second-order valence-electron chi connectivity index (χ2n) is 4.95. The number of hydrogen-bond acceptors (Lipinski definition) is 3. The number of aromatic nitrogens is 2. The molecule has 2 unspecified atom stereocenters. The van der Waals surface area contributed by atoms with Gasteiger partial charge in [-0.2, -0.15) is 0 Å². The number of hydrogen-bond donors (Lipinski definition) is 1. The van der Waals surface area contributed by atoms with Crippen molar-refractivity contribution in [2.45, 2.75) is 38.3 Å². The van der Waals surface area contributed by atoms with Gasteiger partial charge >= 0.3 is 0 Å². The molecular formula is C12H19N3O. The van der Waals surface area contributed by atoms with Crippen LogP contribution in [0.3, 0.4) is 0 Å². The lowest BCUT2D eigenvalue weighted by Crippen LogP contribution is -2.24. The first-order valence-electron chi connectivity index (χ1n) is 6.23. The van der Waals surface area contributed by atoms with Crippen molar-refractivity contribution in [1.29, 1.82) is 0 Å². The fraction of sp³-hybridized carbons (Fsp3) is 0.750. The summed E-state index contributed by atoms with van der Waals surface area (Å²) in [6, 6.07) is 0. The molecule has 3 heterocycles. The molecule has 0 saturated carbocycles. The molecule has 0 amide bonds. The molecule has 16 heavy (non-hydrogen) atoms. The van der Waals surface area contributed by atoms with Crippen molar-refractivity contribution >= 4 is 0 Å². The lowest BCUT2D eigenvalue weighted by Gasteiger charge is -2.20. The van der Waals surface area contributed by atoms with Crippen LogP contribution in [-0.4, -0.2) is 22.8 Å². The number of nitrogens with two attached hydrogens (primary N) is 1. The predicted molar refractivity (Wildman–Crippen MR) is 61.0 cm³/mol. The van der Waals surface area contributed by atoms with Crippen molar-refractivity contribution in [3.05, 3.63) is 17.7 Å². The number of ether oxygens (including phenoxy) is 1. The third-order valence-corrected chi connectivity index (χ3v) is 3.64. The summed E-state index contributed by atoms with van der Waals surface area (Å²) in [5.41, 5.74) is 7.26. The molecule has 1 saturated heterocycles. The first-order valence-corrected chi connectivity index (χ1v) is 6.23. The lowest BCUT2D eigenvalue weighted by molar-refractivity contribution is 0.185. The summed E-state index contributed by atoms with van der Waals surface area (Å²) in [6.07, 6.45) is 7.84. The van der Waals surface area contributed by atoms with E-state index < -0.39 is 0 Å². The van der Waals surface area contributed by atoms with Crippen LogP contribution in [0.5, 0.6) is 0 Å². The van der Waals surface area contributed by atoms with Crippen LogP contribution in [0.4, 0.5) is 0 Å². The summed E-state index contributed by atoms with van der Waals surface area (Å²) in [5.74, 6) is 1.83. The van der Waals surface area contributed by atoms with E-state index in [1.165, 1.54) is 24.4 Å². The zero-order valence-electron chi connectivity index (χ0n) is 9.56. The molecule has 0 bridgehead atoms. The van der Waals surface area contributed by atoms with E-state index in [0.717, 1.165) is 32.5 Å². The third kappa shape index (κ3) is 1.87. The summed E-state index contributed by atoms with van der Waals surface area (Å²) in [4.78, 5) is 4.69. The summed E-state index contributed by atoms with van der Waals surface area (Å²) >= 11 is 0. The fourth-order valence-electron chi connectivity index (χ4n) is 2.71. The normalized spacial score (nSPS) is 29.3. The Morgan fingerprint density at radius 1 is 1.50 bits per heavy atom.